The fraction of sp³-hybridized carbons (Fsp3) is 0.0556. The smallest absolute Gasteiger partial charge is 0.257 e. The Bertz CT molecular complexity index is 1040. The summed E-state index contributed by atoms with van der Waals surface area (Å²) in [5.74, 6) is -0.192. The van der Waals surface area contributed by atoms with Crippen LogP contribution in [0.4, 0.5) is 5.13 Å². The molecule has 124 valence electrons. The average molecular weight is 413 g/mol. The number of nitrogens with one attached hydrogen (secondary N) is 2. The van der Waals surface area contributed by atoms with E-state index in [1.54, 1.807) is 12.1 Å². The summed E-state index contributed by atoms with van der Waals surface area (Å²) in [5.41, 5.74) is 2.85. The average Bonchev–Trinajstić information content (AvgIpc) is 3.23. The standard InChI is InChI=1S/C18H13BrN4OS/c19-13-7-5-11(6-8-13)17(24)21-18-23-22-16(25-18)9-12-10-20-15-4-2-1-3-14(12)15/h1-8,10,20H,9H2,(H,21,23,24). The molecule has 0 radical (unpaired) electrons. The van der Waals surface area contributed by atoms with Crippen LogP contribution in [0.5, 0.6) is 0 Å². The lowest BCUT2D eigenvalue weighted by molar-refractivity contribution is 0.102. The van der Waals surface area contributed by atoms with E-state index in [2.05, 4.69) is 42.5 Å². The zero-order valence-electron chi connectivity index (χ0n) is 13.0. The van der Waals surface area contributed by atoms with E-state index >= 15 is 0 Å². The van der Waals surface area contributed by atoms with E-state index in [0.717, 1.165) is 20.6 Å². The minimum atomic E-state index is -0.192. The van der Waals surface area contributed by atoms with Crippen molar-refractivity contribution in [3.05, 3.63) is 75.3 Å². The van der Waals surface area contributed by atoms with E-state index < -0.39 is 0 Å². The number of fused-ring (bicyclic) bond motifs is 1. The third-order valence-electron chi connectivity index (χ3n) is 3.81. The van der Waals surface area contributed by atoms with Gasteiger partial charge in [0, 0.05) is 33.6 Å². The predicted octanol–water partition coefficient (Wildman–Crippen LogP) is 4.63. The van der Waals surface area contributed by atoms with Crippen LogP contribution in [0, 0.1) is 0 Å². The van der Waals surface area contributed by atoms with Crippen molar-refractivity contribution in [2.45, 2.75) is 6.42 Å². The molecule has 0 bridgehead atoms. The van der Waals surface area contributed by atoms with E-state index in [4.69, 9.17) is 0 Å². The Morgan fingerprint density at radius 2 is 1.92 bits per heavy atom. The van der Waals surface area contributed by atoms with Crippen LogP contribution in [-0.4, -0.2) is 21.1 Å². The van der Waals surface area contributed by atoms with Gasteiger partial charge in [0.2, 0.25) is 5.13 Å². The number of aromatic amines is 1. The summed E-state index contributed by atoms with van der Waals surface area (Å²) in [7, 11) is 0. The molecule has 0 unspecified atom stereocenters. The molecule has 0 atom stereocenters. The van der Waals surface area contributed by atoms with Crippen LogP contribution in [0.15, 0.2) is 59.2 Å². The van der Waals surface area contributed by atoms with Crippen LogP contribution in [0.25, 0.3) is 10.9 Å². The van der Waals surface area contributed by atoms with Gasteiger partial charge in [-0.05, 0) is 35.9 Å². The Labute approximate surface area is 156 Å². The molecule has 0 saturated carbocycles. The number of nitrogens with zero attached hydrogens (tertiary/aromatic N) is 2. The highest BCUT2D eigenvalue weighted by atomic mass is 79.9. The van der Waals surface area contributed by atoms with Crippen LogP contribution in [0.1, 0.15) is 20.9 Å². The predicted molar refractivity (Wildman–Crippen MR) is 103 cm³/mol. The Morgan fingerprint density at radius 3 is 2.76 bits per heavy atom. The lowest BCUT2D eigenvalue weighted by atomic mass is 10.1. The van der Waals surface area contributed by atoms with Gasteiger partial charge in [0.1, 0.15) is 5.01 Å². The maximum atomic E-state index is 12.2. The van der Waals surface area contributed by atoms with Gasteiger partial charge in [0.25, 0.3) is 5.91 Å². The highest BCUT2D eigenvalue weighted by molar-refractivity contribution is 9.10. The van der Waals surface area contributed by atoms with Crippen LogP contribution < -0.4 is 5.32 Å². The first-order valence-corrected chi connectivity index (χ1v) is 9.24. The normalized spacial score (nSPS) is 10.9. The summed E-state index contributed by atoms with van der Waals surface area (Å²) in [6, 6.07) is 15.3. The number of aromatic nitrogens is 3. The van der Waals surface area contributed by atoms with Crippen molar-refractivity contribution in [1.82, 2.24) is 15.2 Å². The monoisotopic (exact) mass is 412 g/mol. The minimum Gasteiger partial charge on any atom is -0.361 e. The highest BCUT2D eigenvalue weighted by Gasteiger charge is 2.12. The van der Waals surface area contributed by atoms with Crippen LogP contribution in [0.3, 0.4) is 0 Å². The molecule has 7 heteroatoms. The second kappa shape index (κ2) is 6.78. The van der Waals surface area contributed by atoms with Gasteiger partial charge in [-0.2, -0.15) is 0 Å². The molecule has 0 aliphatic carbocycles. The largest absolute Gasteiger partial charge is 0.361 e. The number of anilines is 1. The van der Waals surface area contributed by atoms with Gasteiger partial charge in [-0.25, -0.2) is 0 Å². The number of halogens is 1. The first kappa shape index (κ1) is 16.0. The molecule has 4 rings (SSSR count). The number of carbonyl (C=O) groups is 1. The molecule has 0 saturated heterocycles. The van der Waals surface area contributed by atoms with E-state index in [1.807, 2.05) is 36.5 Å². The van der Waals surface area contributed by atoms with Crippen molar-refractivity contribution in [2.24, 2.45) is 0 Å². The number of amides is 1. The molecule has 5 nitrogen and oxygen atoms in total. The summed E-state index contributed by atoms with van der Waals surface area (Å²) in [5, 5.41) is 13.6. The van der Waals surface area contributed by atoms with E-state index in [1.165, 1.54) is 16.7 Å². The van der Waals surface area contributed by atoms with E-state index in [0.29, 0.717) is 17.1 Å². The summed E-state index contributed by atoms with van der Waals surface area (Å²) in [4.78, 5) is 15.5. The van der Waals surface area contributed by atoms with Crippen molar-refractivity contribution in [2.75, 3.05) is 5.32 Å². The number of H-pyrrole nitrogens is 1. The quantitative estimate of drug-likeness (QED) is 0.513. The van der Waals surface area contributed by atoms with Gasteiger partial charge in [-0.3, -0.25) is 10.1 Å². The van der Waals surface area contributed by atoms with Gasteiger partial charge in [-0.1, -0.05) is 45.5 Å². The minimum absolute atomic E-state index is 0.192. The summed E-state index contributed by atoms with van der Waals surface area (Å²) in [6.45, 7) is 0. The van der Waals surface area contributed by atoms with Gasteiger partial charge >= 0.3 is 0 Å². The molecule has 2 N–H and O–H groups in total. The molecule has 2 heterocycles. The topological polar surface area (TPSA) is 70.7 Å². The number of hydrogen-bond acceptors (Lipinski definition) is 4. The van der Waals surface area contributed by atoms with E-state index in [9.17, 15) is 4.79 Å². The SMILES string of the molecule is O=C(Nc1nnc(Cc2c[nH]c3ccccc23)s1)c1ccc(Br)cc1. The molecule has 0 aliphatic rings. The molecule has 2 aromatic heterocycles. The molecule has 2 aromatic carbocycles. The van der Waals surface area contributed by atoms with Crippen molar-refractivity contribution >= 4 is 49.2 Å². The maximum Gasteiger partial charge on any atom is 0.257 e. The van der Waals surface area contributed by atoms with Crippen molar-refractivity contribution < 1.29 is 4.79 Å². The van der Waals surface area contributed by atoms with Crippen LogP contribution in [0.2, 0.25) is 0 Å². The fourth-order valence-corrected chi connectivity index (χ4v) is 3.61. The van der Waals surface area contributed by atoms with Gasteiger partial charge < -0.3 is 4.98 Å². The lowest BCUT2D eigenvalue weighted by Gasteiger charge is -2.00. The Balaban J connectivity index is 1.48. The Morgan fingerprint density at radius 1 is 1.12 bits per heavy atom. The second-order valence-corrected chi connectivity index (χ2v) is 7.48. The van der Waals surface area contributed by atoms with Crippen LogP contribution >= 0.6 is 27.3 Å². The Hall–Kier alpha value is -2.51. The summed E-state index contributed by atoms with van der Waals surface area (Å²) >= 11 is 4.74. The zero-order chi connectivity index (χ0) is 17.2. The lowest BCUT2D eigenvalue weighted by Crippen LogP contribution is -2.11. The summed E-state index contributed by atoms with van der Waals surface area (Å²) in [6.07, 6.45) is 2.67. The zero-order valence-corrected chi connectivity index (χ0v) is 15.4. The van der Waals surface area contributed by atoms with Gasteiger partial charge in [0.15, 0.2) is 0 Å². The van der Waals surface area contributed by atoms with Gasteiger partial charge in [0.05, 0.1) is 0 Å². The molecular weight excluding hydrogens is 400 g/mol. The van der Waals surface area contributed by atoms with Gasteiger partial charge in [-0.15, -0.1) is 10.2 Å². The molecule has 0 spiro atoms. The number of benzene rings is 2. The number of rotatable bonds is 4. The molecule has 1 amide bonds. The molecular formula is C18H13BrN4OS. The first-order chi connectivity index (χ1) is 12.2. The number of hydrogen-bond donors (Lipinski definition) is 2. The Kier molecular flexibility index (Phi) is 4.33. The molecule has 4 aromatic rings. The maximum absolute atomic E-state index is 12.2. The second-order valence-electron chi connectivity index (χ2n) is 5.50. The molecule has 0 fully saturated rings. The highest BCUT2D eigenvalue weighted by Crippen LogP contribution is 2.24. The molecule has 0 aliphatic heterocycles. The van der Waals surface area contributed by atoms with E-state index in [-0.39, 0.29) is 5.91 Å². The van der Waals surface area contributed by atoms with Crippen molar-refractivity contribution in [1.29, 1.82) is 0 Å². The van der Waals surface area contributed by atoms with Crippen LogP contribution in [-0.2, 0) is 6.42 Å². The third-order valence-corrected chi connectivity index (χ3v) is 5.18. The third kappa shape index (κ3) is 3.47. The summed E-state index contributed by atoms with van der Waals surface area (Å²) < 4.78 is 0.931. The molecule has 25 heavy (non-hydrogen) atoms. The fourth-order valence-electron chi connectivity index (χ4n) is 2.59. The number of carbonyl (C=O) groups excluding carboxylic acids is 1. The van der Waals surface area contributed by atoms with Crippen molar-refractivity contribution in [3.63, 3.8) is 0 Å². The first-order valence-electron chi connectivity index (χ1n) is 7.63. The number of para-hydroxylation sites is 1. The van der Waals surface area contributed by atoms with Crippen molar-refractivity contribution in [3.8, 4) is 0 Å².